The Morgan fingerprint density at radius 1 is 1.12 bits per heavy atom. The number of hydrogen-bond acceptors (Lipinski definition) is 3. The van der Waals surface area contributed by atoms with Gasteiger partial charge in [0.1, 0.15) is 5.69 Å². The maximum Gasteiger partial charge on any atom is 0.272 e. The van der Waals surface area contributed by atoms with Gasteiger partial charge in [0.25, 0.3) is 11.8 Å². The molecule has 0 radical (unpaired) electrons. The van der Waals surface area contributed by atoms with Gasteiger partial charge < -0.3 is 10.2 Å². The molecule has 0 spiro atoms. The number of amides is 2. The number of nitrogens with zero attached hydrogens (tertiary/aromatic N) is 2. The Morgan fingerprint density at radius 3 is 2.54 bits per heavy atom. The van der Waals surface area contributed by atoms with Crippen molar-refractivity contribution in [3.63, 3.8) is 0 Å². The first-order valence-corrected chi connectivity index (χ1v) is 9.19. The van der Waals surface area contributed by atoms with E-state index < -0.39 is 0 Å². The van der Waals surface area contributed by atoms with Crippen LogP contribution < -0.4 is 5.32 Å². The number of carbonyl (C=O) groups excluding carboxylic acids is 2. The second-order valence-electron chi connectivity index (χ2n) is 7.21. The molecule has 0 aromatic carbocycles. The predicted molar refractivity (Wildman–Crippen MR) is 92.9 cm³/mol. The lowest BCUT2D eigenvalue weighted by Crippen LogP contribution is -2.39. The zero-order valence-electron chi connectivity index (χ0n) is 14.5. The number of hydrogen-bond donors (Lipinski definition) is 1. The Balaban J connectivity index is 1.64. The summed E-state index contributed by atoms with van der Waals surface area (Å²) >= 11 is 0. The fourth-order valence-corrected chi connectivity index (χ4v) is 3.58. The van der Waals surface area contributed by atoms with Crippen molar-refractivity contribution in [1.29, 1.82) is 0 Å². The van der Waals surface area contributed by atoms with Crippen LogP contribution in [0.3, 0.4) is 0 Å². The maximum absolute atomic E-state index is 12.6. The molecule has 0 bridgehead atoms. The first-order valence-electron chi connectivity index (χ1n) is 9.19. The summed E-state index contributed by atoms with van der Waals surface area (Å²) in [4.78, 5) is 31.1. The number of likely N-dealkylation sites (tertiary alicyclic amines) is 1. The molecule has 2 fully saturated rings. The molecule has 1 aliphatic carbocycles. The quantitative estimate of drug-likeness (QED) is 0.927. The van der Waals surface area contributed by atoms with E-state index in [-0.39, 0.29) is 17.9 Å². The number of rotatable bonds is 3. The van der Waals surface area contributed by atoms with Crippen LogP contribution in [0.5, 0.6) is 0 Å². The van der Waals surface area contributed by atoms with Gasteiger partial charge in [-0.2, -0.15) is 0 Å². The molecule has 1 aliphatic heterocycles. The second-order valence-corrected chi connectivity index (χ2v) is 7.21. The standard InChI is InChI=1S/C19H27N3O2/c1-14-8-11-22(12-9-14)19(24)17-13-15(7-10-20-17)18(23)21-16-5-3-2-4-6-16/h7,10,13-14,16H,2-6,8-9,11-12H2,1H3,(H,21,23). The van der Waals surface area contributed by atoms with Gasteiger partial charge in [-0.3, -0.25) is 14.6 Å². The van der Waals surface area contributed by atoms with Crippen LogP contribution in [-0.2, 0) is 0 Å². The molecule has 2 heterocycles. The monoisotopic (exact) mass is 329 g/mol. The van der Waals surface area contributed by atoms with Gasteiger partial charge in [0.15, 0.2) is 0 Å². The molecule has 1 aromatic rings. The summed E-state index contributed by atoms with van der Waals surface area (Å²) in [6, 6.07) is 3.59. The Labute approximate surface area is 143 Å². The van der Waals surface area contributed by atoms with Crippen molar-refractivity contribution in [2.45, 2.75) is 57.9 Å². The molecular weight excluding hydrogens is 302 g/mol. The molecule has 1 saturated heterocycles. The highest BCUT2D eigenvalue weighted by Crippen LogP contribution is 2.19. The normalized spacial score (nSPS) is 20.0. The minimum Gasteiger partial charge on any atom is -0.349 e. The number of pyridine rings is 1. The molecular formula is C19H27N3O2. The van der Waals surface area contributed by atoms with E-state index in [1.807, 2.05) is 4.90 Å². The number of carbonyl (C=O) groups is 2. The lowest BCUT2D eigenvalue weighted by atomic mass is 9.95. The molecule has 5 heteroatoms. The Kier molecular flexibility index (Phi) is 5.48. The van der Waals surface area contributed by atoms with Crippen LogP contribution in [0.25, 0.3) is 0 Å². The average Bonchev–Trinajstić information content (AvgIpc) is 2.63. The summed E-state index contributed by atoms with van der Waals surface area (Å²) < 4.78 is 0. The molecule has 5 nitrogen and oxygen atoms in total. The van der Waals surface area contributed by atoms with Gasteiger partial charge in [0.2, 0.25) is 0 Å². The molecule has 0 atom stereocenters. The van der Waals surface area contributed by atoms with Crippen molar-refractivity contribution in [2.24, 2.45) is 5.92 Å². The second kappa shape index (κ2) is 7.77. The zero-order chi connectivity index (χ0) is 16.9. The molecule has 24 heavy (non-hydrogen) atoms. The largest absolute Gasteiger partial charge is 0.349 e. The van der Waals surface area contributed by atoms with Crippen LogP contribution in [0.4, 0.5) is 0 Å². The third-order valence-electron chi connectivity index (χ3n) is 5.25. The molecule has 1 aromatic heterocycles. The molecule has 130 valence electrons. The van der Waals surface area contributed by atoms with E-state index in [2.05, 4.69) is 17.2 Å². The fourth-order valence-electron chi connectivity index (χ4n) is 3.58. The predicted octanol–water partition coefficient (Wildman–Crippen LogP) is 3.02. The highest BCUT2D eigenvalue weighted by atomic mass is 16.2. The van der Waals surface area contributed by atoms with Crippen LogP contribution >= 0.6 is 0 Å². The van der Waals surface area contributed by atoms with Gasteiger partial charge in [0, 0.05) is 30.9 Å². The lowest BCUT2D eigenvalue weighted by Gasteiger charge is -2.30. The molecule has 3 rings (SSSR count). The summed E-state index contributed by atoms with van der Waals surface area (Å²) in [7, 11) is 0. The smallest absolute Gasteiger partial charge is 0.272 e. The van der Waals surface area contributed by atoms with Gasteiger partial charge in [0.05, 0.1) is 0 Å². The molecule has 2 aliphatic rings. The summed E-state index contributed by atoms with van der Waals surface area (Å²) in [5.41, 5.74) is 0.908. The summed E-state index contributed by atoms with van der Waals surface area (Å²) in [5.74, 6) is 0.523. The Hall–Kier alpha value is -1.91. The Morgan fingerprint density at radius 2 is 1.83 bits per heavy atom. The van der Waals surface area contributed by atoms with E-state index in [0.29, 0.717) is 17.2 Å². The van der Waals surface area contributed by atoms with E-state index in [0.717, 1.165) is 38.8 Å². The van der Waals surface area contributed by atoms with Gasteiger partial charge >= 0.3 is 0 Å². The maximum atomic E-state index is 12.6. The number of piperidine rings is 1. The third-order valence-corrected chi connectivity index (χ3v) is 5.25. The van der Waals surface area contributed by atoms with Crippen molar-refractivity contribution >= 4 is 11.8 Å². The summed E-state index contributed by atoms with van der Waals surface area (Å²) in [5, 5.41) is 3.10. The zero-order valence-corrected chi connectivity index (χ0v) is 14.5. The lowest BCUT2D eigenvalue weighted by molar-refractivity contribution is 0.0691. The van der Waals surface area contributed by atoms with Crippen molar-refractivity contribution in [2.75, 3.05) is 13.1 Å². The van der Waals surface area contributed by atoms with Crippen molar-refractivity contribution in [3.8, 4) is 0 Å². The molecule has 0 unspecified atom stereocenters. The average molecular weight is 329 g/mol. The van der Waals surface area contributed by atoms with Crippen molar-refractivity contribution in [3.05, 3.63) is 29.6 Å². The molecule has 2 amide bonds. The molecule has 1 saturated carbocycles. The summed E-state index contributed by atoms with van der Waals surface area (Å²) in [6.07, 6.45) is 9.35. The van der Waals surface area contributed by atoms with Gasteiger partial charge in [-0.05, 0) is 43.7 Å². The highest BCUT2D eigenvalue weighted by molar-refractivity contribution is 5.98. The van der Waals surface area contributed by atoms with E-state index >= 15 is 0 Å². The van der Waals surface area contributed by atoms with Crippen LogP contribution in [0.1, 0.15) is 72.7 Å². The number of nitrogens with one attached hydrogen (secondary N) is 1. The van der Waals surface area contributed by atoms with Crippen molar-refractivity contribution in [1.82, 2.24) is 15.2 Å². The Bertz CT molecular complexity index is 588. The number of aromatic nitrogens is 1. The van der Waals surface area contributed by atoms with Gasteiger partial charge in [-0.15, -0.1) is 0 Å². The third kappa shape index (κ3) is 4.13. The van der Waals surface area contributed by atoms with Crippen molar-refractivity contribution < 1.29 is 9.59 Å². The summed E-state index contributed by atoms with van der Waals surface area (Å²) in [6.45, 7) is 3.77. The SMILES string of the molecule is CC1CCN(C(=O)c2cc(C(=O)NC3CCCCC3)ccn2)CC1. The van der Waals surface area contributed by atoms with E-state index in [4.69, 9.17) is 0 Å². The molecule has 1 N–H and O–H groups in total. The van der Waals surface area contributed by atoms with Crippen LogP contribution in [-0.4, -0.2) is 40.8 Å². The minimum atomic E-state index is -0.0920. The highest BCUT2D eigenvalue weighted by Gasteiger charge is 2.23. The topological polar surface area (TPSA) is 62.3 Å². The van der Waals surface area contributed by atoms with E-state index in [1.165, 1.54) is 19.3 Å². The van der Waals surface area contributed by atoms with Gasteiger partial charge in [-0.25, -0.2) is 0 Å². The first-order chi connectivity index (χ1) is 11.6. The van der Waals surface area contributed by atoms with Crippen LogP contribution in [0, 0.1) is 5.92 Å². The van der Waals surface area contributed by atoms with Gasteiger partial charge in [-0.1, -0.05) is 26.2 Å². The van der Waals surface area contributed by atoms with E-state index in [1.54, 1.807) is 18.3 Å². The van der Waals surface area contributed by atoms with E-state index in [9.17, 15) is 9.59 Å². The van der Waals surface area contributed by atoms with Crippen LogP contribution in [0.2, 0.25) is 0 Å². The minimum absolute atomic E-state index is 0.0609. The fraction of sp³-hybridized carbons (Fsp3) is 0.632. The first kappa shape index (κ1) is 16.9. The van der Waals surface area contributed by atoms with Crippen LogP contribution in [0.15, 0.2) is 18.3 Å².